The van der Waals surface area contributed by atoms with Gasteiger partial charge in [0.05, 0.1) is 11.7 Å². The van der Waals surface area contributed by atoms with Gasteiger partial charge < -0.3 is 5.73 Å². The third-order valence-electron chi connectivity index (χ3n) is 4.54. The Kier molecular flexibility index (Phi) is 4.63. The van der Waals surface area contributed by atoms with Crippen LogP contribution in [0, 0.1) is 0 Å². The molecule has 0 atom stereocenters. The molecule has 4 heteroatoms. The smallest absolute Gasteiger partial charge is 0.0764 e. The maximum Gasteiger partial charge on any atom is 0.0764 e. The van der Waals surface area contributed by atoms with Crippen molar-refractivity contribution in [3.05, 3.63) is 18.0 Å². The summed E-state index contributed by atoms with van der Waals surface area (Å²) in [6.07, 6.45) is 8.79. The summed E-state index contributed by atoms with van der Waals surface area (Å²) in [5, 5.41) is 4.76. The lowest BCUT2D eigenvalue weighted by Gasteiger charge is -2.33. The standard InChI is InChI=1S/C15H28N4/c1-15(2,12-16)18(3)11-13-9-10-19(17-13)14-7-5-4-6-8-14/h9-10,14H,4-8,11-12,16H2,1-3H3. The molecule has 1 aliphatic rings. The minimum absolute atomic E-state index is 0.0224. The second-order valence-electron chi connectivity index (χ2n) is 6.45. The average molecular weight is 264 g/mol. The molecule has 108 valence electrons. The fourth-order valence-corrected chi connectivity index (χ4v) is 2.62. The van der Waals surface area contributed by atoms with Crippen LogP contribution in [0.2, 0.25) is 0 Å². The van der Waals surface area contributed by atoms with Gasteiger partial charge in [-0.2, -0.15) is 5.10 Å². The summed E-state index contributed by atoms with van der Waals surface area (Å²) < 4.78 is 2.18. The van der Waals surface area contributed by atoms with Gasteiger partial charge in [0.25, 0.3) is 0 Å². The monoisotopic (exact) mass is 264 g/mol. The first-order valence-corrected chi connectivity index (χ1v) is 7.48. The van der Waals surface area contributed by atoms with Crippen LogP contribution in [-0.4, -0.2) is 33.8 Å². The lowest BCUT2D eigenvalue weighted by atomic mass is 9.96. The van der Waals surface area contributed by atoms with Gasteiger partial charge in [0.15, 0.2) is 0 Å². The predicted molar refractivity (Wildman–Crippen MR) is 78.9 cm³/mol. The number of hydrogen-bond acceptors (Lipinski definition) is 3. The molecule has 0 bridgehead atoms. The molecule has 2 rings (SSSR count). The first kappa shape index (κ1) is 14.5. The van der Waals surface area contributed by atoms with Crippen molar-refractivity contribution in [1.29, 1.82) is 0 Å². The van der Waals surface area contributed by atoms with Crippen LogP contribution >= 0.6 is 0 Å². The number of likely N-dealkylation sites (N-methyl/N-ethyl adjacent to an activating group) is 1. The molecule has 0 unspecified atom stereocenters. The van der Waals surface area contributed by atoms with E-state index in [0.717, 1.165) is 12.2 Å². The highest BCUT2D eigenvalue weighted by Gasteiger charge is 2.22. The lowest BCUT2D eigenvalue weighted by molar-refractivity contribution is 0.153. The Balaban J connectivity index is 1.97. The Bertz CT molecular complexity index is 391. The lowest BCUT2D eigenvalue weighted by Crippen LogP contribution is -2.46. The zero-order chi connectivity index (χ0) is 13.9. The van der Waals surface area contributed by atoms with Gasteiger partial charge in [-0.1, -0.05) is 19.3 Å². The number of nitrogens with two attached hydrogens (primary N) is 1. The maximum absolute atomic E-state index is 5.82. The second kappa shape index (κ2) is 6.06. The highest BCUT2D eigenvalue weighted by molar-refractivity contribution is 5.01. The van der Waals surface area contributed by atoms with E-state index in [0.29, 0.717) is 12.6 Å². The summed E-state index contributed by atoms with van der Waals surface area (Å²) in [4.78, 5) is 2.28. The molecule has 0 amide bonds. The summed E-state index contributed by atoms with van der Waals surface area (Å²) in [6, 6.07) is 2.77. The van der Waals surface area contributed by atoms with E-state index < -0.39 is 0 Å². The van der Waals surface area contributed by atoms with Crippen LogP contribution in [0.15, 0.2) is 12.3 Å². The molecule has 1 heterocycles. The van der Waals surface area contributed by atoms with Crippen LogP contribution in [0.1, 0.15) is 57.7 Å². The molecule has 0 aliphatic heterocycles. The molecule has 1 aliphatic carbocycles. The van der Waals surface area contributed by atoms with Crippen molar-refractivity contribution in [2.24, 2.45) is 5.73 Å². The molecule has 0 saturated heterocycles. The van der Waals surface area contributed by atoms with Crippen molar-refractivity contribution in [3.63, 3.8) is 0 Å². The zero-order valence-electron chi connectivity index (χ0n) is 12.6. The van der Waals surface area contributed by atoms with Gasteiger partial charge in [-0.3, -0.25) is 9.58 Å². The number of rotatable bonds is 5. The zero-order valence-corrected chi connectivity index (χ0v) is 12.6. The topological polar surface area (TPSA) is 47.1 Å². The van der Waals surface area contributed by atoms with E-state index in [9.17, 15) is 0 Å². The van der Waals surface area contributed by atoms with E-state index in [1.807, 2.05) is 0 Å². The van der Waals surface area contributed by atoms with Gasteiger partial charge in [-0.05, 0) is 39.8 Å². The fraction of sp³-hybridized carbons (Fsp3) is 0.800. The second-order valence-corrected chi connectivity index (χ2v) is 6.45. The molecule has 19 heavy (non-hydrogen) atoms. The molecule has 2 N–H and O–H groups in total. The van der Waals surface area contributed by atoms with Gasteiger partial charge >= 0.3 is 0 Å². The number of nitrogens with zero attached hydrogens (tertiary/aromatic N) is 3. The first-order chi connectivity index (χ1) is 9.03. The SMILES string of the molecule is CN(Cc1ccn(C2CCCCC2)n1)C(C)(C)CN. The molecule has 4 nitrogen and oxygen atoms in total. The minimum Gasteiger partial charge on any atom is -0.329 e. The normalized spacial score (nSPS) is 18.2. The number of aromatic nitrogens is 2. The van der Waals surface area contributed by atoms with E-state index in [4.69, 9.17) is 10.8 Å². The van der Waals surface area contributed by atoms with Crippen molar-refractivity contribution >= 4 is 0 Å². The highest BCUT2D eigenvalue weighted by Crippen LogP contribution is 2.27. The molecule has 1 aromatic heterocycles. The average Bonchev–Trinajstić information content (AvgIpc) is 2.88. The van der Waals surface area contributed by atoms with Crippen LogP contribution in [0.5, 0.6) is 0 Å². The van der Waals surface area contributed by atoms with Crippen LogP contribution in [0.3, 0.4) is 0 Å². The van der Waals surface area contributed by atoms with Crippen LogP contribution < -0.4 is 5.73 Å². The Morgan fingerprint density at radius 3 is 2.68 bits per heavy atom. The third-order valence-corrected chi connectivity index (χ3v) is 4.54. The van der Waals surface area contributed by atoms with Crippen LogP contribution in [0.25, 0.3) is 0 Å². The Labute approximate surface area is 117 Å². The summed E-state index contributed by atoms with van der Waals surface area (Å²) in [7, 11) is 2.12. The van der Waals surface area contributed by atoms with Crippen molar-refractivity contribution in [1.82, 2.24) is 14.7 Å². The Morgan fingerprint density at radius 2 is 2.05 bits per heavy atom. The van der Waals surface area contributed by atoms with E-state index in [2.05, 4.69) is 42.7 Å². The Hall–Kier alpha value is -0.870. The molecule has 1 fully saturated rings. The Morgan fingerprint density at radius 1 is 1.37 bits per heavy atom. The van der Waals surface area contributed by atoms with Gasteiger partial charge in [0.2, 0.25) is 0 Å². The van der Waals surface area contributed by atoms with Crippen molar-refractivity contribution in [3.8, 4) is 0 Å². The summed E-state index contributed by atoms with van der Waals surface area (Å²) >= 11 is 0. The third kappa shape index (κ3) is 3.57. The van der Waals surface area contributed by atoms with E-state index in [-0.39, 0.29) is 5.54 Å². The van der Waals surface area contributed by atoms with Crippen molar-refractivity contribution in [2.45, 2.75) is 64.1 Å². The van der Waals surface area contributed by atoms with Gasteiger partial charge in [-0.15, -0.1) is 0 Å². The first-order valence-electron chi connectivity index (χ1n) is 7.48. The predicted octanol–water partition coefficient (Wildman–Crippen LogP) is 2.56. The summed E-state index contributed by atoms with van der Waals surface area (Å²) in [5.41, 5.74) is 6.99. The molecular weight excluding hydrogens is 236 g/mol. The van der Waals surface area contributed by atoms with E-state index in [1.165, 1.54) is 32.1 Å². The molecule has 0 spiro atoms. The van der Waals surface area contributed by atoms with Crippen LogP contribution in [0.4, 0.5) is 0 Å². The summed E-state index contributed by atoms with van der Waals surface area (Å²) in [5.74, 6) is 0. The quantitative estimate of drug-likeness (QED) is 0.889. The van der Waals surface area contributed by atoms with Gasteiger partial charge in [-0.25, -0.2) is 0 Å². The van der Waals surface area contributed by atoms with E-state index >= 15 is 0 Å². The van der Waals surface area contributed by atoms with Crippen LogP contribution in [-0.2, 0) is 6.54 Å². The van der Waals surface area contributed by atoms with Gasteiger partial charge in [0, 0.05) is 24.8 Å². The van der Waals surface area contributed by atoms with Crippen molar-refractivity contribution in [2.75, 3.05) is 13.6 Å². The fourth-order valence-electron chi connectivity index (χ4n) is 2.62. The van der Waals surface area contributed by atoms with Gasteiger partial charge in [0.1, 0.15) is 0 Å². The molecule has 0 aromatic carbocycles. The molecular formula is C15H28N4. The molecule has 1 aromatic rings. The van der Waals surface area contributed by atoms with Crippen molar-refractivity contribution < 1.29 is 0 Å². The maximum atomic E-state index is 5.82. The largest absolute Gasteiger partial charge is 0.329 e. The summed E-state index contributed by atoms with van der Waals surface area (Å²) in [6.45, 7) is 5.87. The molecule has 0 radical (unpaired) electrons. The van der Waals surface area contributed by atoms with E-state index in [1.54, 1.807) is 0 Å². The highest BCUT2D eigenvalue weighted by atomic mass is 15.3. The minimum atomic E-state index is 0.0224. The molecule has 1 saturated carbocycles. The number of hydrogen-bond donors (Lipinski definition) is 1.